The minimum absolute atomic E-state index is 0.104. The molecule has 6 fully saturated rings. The van der Waals surface area contributed by atoms with E-state index in [0.29, 0.717) is 25.7 Å². The van der Waals surface area contributed by atoms with E-state index >= 15 is 0 Å². The Kier molecular flexibility index (Phi) is 12.5. The van der Waals surface area contributed by atoms with Gasteiger partial charge in [0.2, 0.25) is 0 Å². The van der Waals surface area contributed by atoms with Gasteiger partial charge in [-0.1, -0.05) is 46.3 Å². The molecule has 13 heteroatoms. The van der Waals surface area contributed by atoms with E-state index in [2.05, 4.69) is 40.7 Å². The molecule has 0 radical (unpaired) electrons. The van der Waals surface area contributed by atoms with Gasteiger partial charge in [0.15, 0.2) is 12.6 Å². The second kappa shape index (κ2) is 15.7. The summed E-state index contributed by atoms with van der Waals surface area (Å²) in [6.45, 7) is 16.6. The minimum Gasteiger partial charge on any atom is -0.394 e. The summed E-state index contributed by atoms with van der Waals surface area (Å²) < 4.78 is 24.9. The first-order chi connectivity index (χ1) is 25.6. The van der Waals surface area contributed by atoms with Crippen LogP contribution in [0.1, 0.15) is 113 Å². The normalized spacial score (nSPS) is 52.0. The summed E-state index contributed by atoms with van der Waals surface area (Å²) >= 11 is 0. The Morgan fingerprint density at radius 3 is 1.85 bits per heavy atom. The fourth-order valence-corrected chi connectivity index (χ4v) is 13.4. The van der Waals surface area contributed by atoms with Crippen LogP contribution in [0.4, 0.5) is 0 Å². The molecule has 13 nitrogen and oxygen atoms in total. The number of aliphatic hydroxyl groups excluding tert-OH is 9. The van der Waals surface area contributed by atoms with Crippen molar-refractivity contribution >= 4 is 0 Å². The average molecular weight is 785 g/mol. The predicted molar refractivity (Wildman–Crippen MR) is 201 cm³/mol. The number of fused-ring (bicyclic) bond motifs is 5. The van der Waals surface area contributed by atoms with Gasteiger partial charge in [-0.3, -0.25) is 0 Å². The third-order valence-electron chi connectivity index (χ3n) is 16.7. The molecular weight excluding hydrogens is 712 g/mol. The van der Waals surface area contributed by atoms with Gasteiger partial charge in [0.25, 0.3) is 0 Å². The highest BCUT2D eigenvalue weighted by molar-refractivity contribution is 5.20. The van der Waals surface area contributed by atoms with Gasteiger partial charge in [0, 0.05) is 0 Å². The van der Waals surface area contributed by atoms with E-state index in [1.165, 1.54) is 5.57 Å². The van der Waals surface area contributed by atoms with Gasteiger partial charge in [-0.25, -0.2) is 0 Å². The average Bonchev–Trinajstić information content (AvgIpc) is 3.51. The van der Waals surface area contributed by atoms with Crippen molar-refractivity contribution in [3.63, 3.8) is 0 Å². The lowest BCUT2D eigenvalue weighted by molar-refractivity contribution is -0.338. The van der Waals surface area contributed by atoms with E-state index in [4.69, 9.17) is 18.9 Å². The fourth-order valence-electron chi connectivity index (χ4n) is 13.4. The Labute approximate surface area is 327 Å². The van der Waals surface area contributed by atoms with Crippen LogP contribution in [0.25, 0.3) is 0 Å². The standard InChI is InChI=1S/C42H72O13/c1-21(2)10-9-14-42(8,55-37-35(51)33(49)31(47)25(20-44)53-37)22-11-16-41(7)29(22)23(45)18-27-39(5)15-13-28(38(3,4)26(39)12-17-40(27,41)6)54-36-34(50)32(48)30(46)24(19-43)52-36/h10,22-37,43-51H,9,11-20H2,1-8H3/t22-,23+,24+,25+,26-,27+,28+,29-,30+,31+,32-,33-,34+,35+,36-,37-,39-,40+,41+,42-/m0/s1. The Morgan fingerprint density at radius 2 is 1.27 bits per heavy atom. The van der Waals surface area contributed by atoms with Crippen molar-refractivity contribution in [1.29, 1.82) is 0 Å². The van der Waals surface area contributed by atoms with Gasteiger partial charge in [-0.05, 0) is 124 Å². The fraction of sp³-hybridized carbons (Fsp3) is 0.952. The zero-order chi connectivity index (χ0) is 40.6. The second-order valence-corrected chi connectivity index (χ2v) is 20.1. The molecule has 6 aliphatic rings. The van der Waals surface area contributed by atoms with Crippen molar-refractivity contribution in [3.05, 3.63) is 11.6 Å². The summed E-state index contributed by atoms with van der Waals surface area (Å²) in [6.07, 6.45) is -5.39. The molecule has 0 bridgehead atoms. The predicted octanol–water partition coefficient (Wildman–Crippen LogP) is 2.15. The number of allylic oxidation sites excluding steroid dienone is 2. The molecule has 0 amide bonds. The summed E-state index contributed by atoms with van der Waals surface area (Å²) in [4.78, 5) is 0. The lowest BCUT2D eigenvalue weighted by Gasteiger charge is -2.71. The molecule has 2 aliphatic heterocycles. The number of hydrogen-bond acceptors (Lipinski definition) is 13. The Hall–Kier alpha value is -0.780. The van der Waals surface area contributed by atoms with Crippen molar-refractivity contribution in [2.75, 3.05) is 13.2 Å². The topological polar surface area (TPSA) is 219 Å². The van der Waals surface area contributed by atoms with Crippen molar-refractivity contribution in [3.8, 4) is 0 Å². The SMILES string of the molecule is CC(C)=CCC[C@](C)(O[C@@H]1O[C@H](CO)[C@@H](O)[C@H](O)[C@H]1O)[C@H]1CC[C@]2(C)[C@@H]1[C@H](O)C[C@@H]1[C@@]3(C)CC[C@@H](O[C@@H]4O[C@H](CO)[C@@H](O)[C@H](O)[C@H]4O)C(C)(C)[C@@H]3CC[C@]12C. The first-order valence-electron chi connectivity index (χ1n) is 20.9. The van der Waals surface area contributed by atoms with E-state index in [0.717, 1.165) is 32.1 Å². The molecule has 20 atom stereocenters. The summed E-state index contributed by atoms with van der Waals surface area (Å²) in [5.74, 6) is 0.196. The van der Waals surface area contributed by atoms with Crippen LogP contribution in [-0.2, 0) is 18.9 Å². The van der Waals surface area contributed by atoms with Gasteiger partial charge in [-0.15, -0.1) is 0 Å². The first kappa shape index (κ1) is 43.8. The Bertz CT molecular complexity index is 1370. The van der Waals surface area contributed by atoms with Crippen LogP contribution < -0.4 is 0 Å². The molecule has 2 saturated heterocycles. The maximum Gasteiger partial charge on any atom is 0.187 e. The lowest BCUT2D eigenvalue weighted by Crippen LogP contribution is -2.67. The Balaban J connectivity index is 1.26. The van der Waals surface area contributed by atoms with Crippen molar-refractivity contribution in [1.82, 2.24) is 0 Å². The van der Waals surface area contributed by atoms with Crippen LogP contribution in [0.2, 0.25) is 0 Å². The molecule has 4 aliphatic carbocycles. The van der Waals surface area contributed by atoms with Crippen LogP contribution in [0.15, 0.2) is 11.6 Å². The molecule has 0 aromatic carbocycles. The summed E-state index contributed by atoms with van der Waals surface area (Å²) in [5, 5.41) is 95.9. The van der Waals surface area contributed by atoms with Crippen LogP contribution in [0, 0.1) is 45.3 Å². The van der Waals surface area contributed by atoms with E-state index in [1.807, 2.05) is 20.8 Å². The van der Waals surface area contributed by atoms with Crippen LogP contribution in [0.5, 0.6) is 0 Å². The van der Waals surface area contributed by atoms with Crippen molar-refractivity contribution in [2.24, 2.45) is 45.3 Å². The maximum absolute atomic E-state index is 12.5. The molecule has 4 saturated carbocycles. The third-order valence-corrected chi connectivity index (χ3v) is 16.7. The summed E-state index contributed by atoms with van der Waals surface area (Å²) in [5.41, 5.74) is -0.592. The van der Waals surface area contributed by atoms with Gasteiger partial charge >= 0.3 is 0 Å². The smallest absolute Gasteiger partial charge is 0.187 e. The molecule has 55 heavy (non-hydrogen) atoms. The Morgan fingerprint density at radius 1 is 0.709 bits per heavy atom. The van der Waals surface area contributed by atoms with Crippen molar-refractivity contribution in [2.45, 2.75) is 192 Å². The van der Waals surface area contributed by atoms with Crippen molar-refractivity contribution < 1.29 is 64.9 Å². The van der Waals surface area contributed by atoms with E-state index < -0.39 is 86.3 Å². The number of aliphatic hydroxyl groups is 9. The van der Waals surface area contributed by atoms with E-state index in [-0.39, 0.29) is 51.4 Å². The molecule has 6 rings (SSSR count). The maximum atomic E-state index is 12.5. The number of ether oxygens (including phenoxy) is 4. The molecule has 318 valence electrons. The highest BCUT2D eigenvalue weighted by atomic mass is 16.7. The molecule has 0 aromatic heterocycles. The zero-order valence-electron chi connectivity index (χ0n) is 34.3. The molecule has 0 unspecified atom stereocenters. The zero-order valence-corrected chi connectivity index (χ0v) is 34.3. The largest absolute Gasteiger partial charge is 0.394 e. The van der Waals surface area contributed by atoms with Crippen LogP contribution >= 0.6 is 0 Å². The van der Waals surface area contributed by atoms with Gasteiger partial charge < -0.3 is 64.9 Å². The number of hydrogen-bond donors (Lipinski definition) is 9. The summed E-state index contributed by atoms with van der Waals surface area (Å²) in [6, 6.07) is 0. The number of rotatable bonds is 10. The monoisotopic (exact) mass is 784 g/mol. The van der Waals surface area contributed by atoms with E-state index in [9.17, 15) is 46.0 Å². The highest BCUT2D eigenvalue weighted by Gasteiger charge is 2.72. The first-order valence-corrected chi connectivity index (χ1v) is 20.9. The minimum atomic E-state index is -1.55. The lowest BCUT2D eigenvalue weighted by atomic mass is 9.35. The molecule has 9 N–H and O–H groups in total. The summed E-state index contributed by atoms with van der Waals surface area (Å²) in [7, 11) is 0. The third kappa shape index (κ3) is 7.10. The van der Waals surface area contributed by atoms with E-state index in [1.54, 1.807) is 0 Å². The van der Waals surface area contributed by atoms with Gasteiger partial charge in [0.1, 0.15) is 48.8 Å². The highest BCUT2D eigenvalue weighted by Crippen LogP contribution is 2.76. The second-order valence-electron chi connectivity index (χ2n) is 20.1. The molecule has 2 heterocycles. The molecule has 0 spiro atoms. The van der Waals surface area contributed by atoms with Gasteiger partial charge in [0.05, 0.1) is 31.0 Å². The molecular formula is C42H72O13. The van der Waals surface area contributed by atoms with Crippen LogP contribution in [-0.4, -0.2) is 138 Å². The molecule has 0 aromatic rings. The quantitative estimate of drug-likeness (QED) is 0.115. The van der Waals surface area contributed by atoms with Gasteiger partial charge in [-0.2, -0.15) is 0 Å². The van der Waals surface area contributed by atoms with Crippen LogP contribution in [0.3, 0.4) is 0 Å².